The Kier molecular flexibility index (Phi) is 3.83. The molecule has 1 heterocycles. The standard InChI is InChI=1S/C13H21N2P/c1-14-8-10-15(11-9-14)12-6-4-5-7-13(12)16(2)3/h4-7H,8-11H2,1-3H3. The van der Waals surface area contributed by atoms with E-state index in [2.05, 4.69) is 54.4 Å². The third-order valence-electron chi connectivity index (χ3n) is 3.21. The third-order valence-corrected chi connectivity index (χ3v) is 4.55. The minimum atomic E-state index is -0.00751. The Balaban J connectivity index is 2.19. The Morgan fingerprint density at radius 2 is 1.62 bits per heavy atom. The normalized spacial score (nSPS) is 18.1. The van der Waals surface area contributed by atoms with Crippen LogP contribution in [-0.2, 0) is 0 Å². The number of para-hydroxylation sites is 1. The predicted octanol–water partition coefficient (Wildman–Crippen LogP) is 1.81. The van der Waals surface area contributed by atoms with Gasteiger partial charge in [-0.2, -0.15) is 0 Å². The zero-order chi connectivity index (χ0) is 11.5. The summed E-state index contributed by atoms with van der Waals surface area (Å²) in [6, 6.07) is 8.90. The molecule has 0 atom stereocenters. The lowest BCUT2D eigenvalue weighted by Crippen LogP contribution is -2.45. The van der Waals surface area contributed by atoms with Gasteiger partial charge >= 0.3 is 0 Å². The van der Waals surface area contributed by atoms with E-state index < -0.39 is 0 Å². The Labute approximate surface area is 100.0 Å². The Bertz CT molecular complexity index is 344. The van der Waals surface area contributed by atoms with Gasteiger partial charge in [0.25, 0.3) is 0 Å². The van der Waals surface area contributed by atoms with Gasteiger partial charge < -0.3 is 9.80 Å². The average molecular weight is 236 g/mol. The fourth-order valence-corrected chi connectivity index (χ4v) is 3.22. The van der Waals surface area contributed by atoms with Crippen molar-refractivity contribution in [2.75, 3.05) is 51.5 Å². The zero-order valence-corrected chi connectivity index (χ0v) is 11.4. The predicted molar refractivity (Wildman–Crippen MR) is 74.6 cm³/mol. The first-order valence-electron chi connectivity index (χ1n) is 5.88. The Morgan fingerprint density at radius 1 is 1.00 bits per heavy atom. The fraction of sp³-hybridized carbons (Fsp3) is 0.538. The molecule has 0 N–H and O–H groups in total. The molecule has 0 aliphatic carbocycles. The van der Waals surface area contributed by atoms with Gasteiger partial charge in [0.2, 0.25) is 0 Å². The van der Waals surface area contributed by atoms with Gasteiger partial charge in [0.05, 0.1) is 0 Å². The van der Waals surface area contributed by atoms with Gasteiger partial charge in [0.1, 0.15) is 0 Å². The summed E-state index contributed by atoms with van der Waals surface area (Å²) in [7, 11) is 2.20. The van der Waals surface area contributed by atoms with Crippen molar-refractivity contribution in [1.29, 1.82) is 0 Å². The van der Waals surface area contributed by atoms with Crippen LogP contribution >= 0.6 is 7.92 Å². The molecule has 16 heavy (non-hydrogen) atoms. The second-order valence-corrected chi connectivity index (χ2v) is 6.94. The number of hydrogen-bond donors (Lipinski definition) is 0. The van der Waals surface area contributed by atoms with E-state index >= 15 is 0 Å². The highest BCUT2D eigenvalue weighted by Crippen LogP contribution is 2.30. The van der Waals surface area contributed by atoms with E-state index in [1.165, 1.54) is 18.8 Å². The van der Waals surface area contributed by atoms with Crippen molar-refractivity contribution in [3.63, 3.8) is 0 Å². The molecule has 0 radical (unpaired) electrons. The van der Waals surface area contributed by atoms with E-state index in [4.69, 9.17) is 0 Å². The van der Waals surface area contributed by atoms with Crippen molar-refractivity contribution < 1.29 is 0 Å². The molecule has 0 unspecified atom stereocenters. The summed E-state index contributed by atoms with van der Waals surface area (Å²) < 4.78 is 0. The highest BCUT2D eigenvalue weighted by atomic mass is 31.1. The summed E-state index contributed by atoms with van der Waals surface area (Å²) in [6.45, 7) is 9.36. The average Bonchev–Trinajstić information content (AvgIpc) is 2.30. The largest absolute Gasteiger partial charge is 0.368 e. The van der Waals surface area contributed by atoms with Crippen LogP contribution in [0.1, 0.15) is 0 Å². The quantitative estimate of drug-likeness (QED) is 0.723. The molecular weight excluding hydrogens is 215 g/mol. The number of piperazine rings is 1. The summed E-state index contributed by atoms with van der Waals surface area (Å²) >= 11 is 0. The molecule has 1 saturated heterocycles. The lowest BCUT2D eigenvalue weighted by molar-refractivity contribution is 0.313. The number of rotatable bonds is 2. The molecule has 1 aromatic carbocycles. The van der Waals surface area contributed by atoms with Crippen molar-refractivity contribution >= 4 is 18.9 Å². The van der Waals surface area contributed by atoms with Crippen LogP contribution in [0, 0.1) is 0 Å². The maximum atomic E-state index is 2.54. The van der Waals surface area contributed by atoms with E-state index in [0.717, 1.165) is 13.1 Å². The summed E-state index contributed by atoms with van der Waals surface area (Å²) in [6.07, 6.45) is 0. The molecule has 0 amide bonds. The minimum Gasteiger partial charge on any atom is -0.368 e. The van der Waals surface area contributed by atoms with E-state index in [1.807, 2.05) is 0 Å². The third kappa shape index (κ3) is 2.56. The molecule has 3 heteroatoms. The zero-order valence-electron chi connectivity index (χ0n) is 10.5. The Hall–Kier alpha value is -0.590. The first kappa shape index (κ1) is 11.9. The maximum absolute atomic E-state index is 2.54. The first-order chi connectivity index (χ1) is 7.68. The summed E-state index contributed by atoms with van der Waals surface area (Å²) in [5, 5.41) is 1.54. The van der Waals surface area contributed by atoms with Crippen molar-refractivity contribution in [2.24, 2.45) is 0 Å². The monoisotopic (exact) mass is 236 g/mol. The second-order valence-electron chi connectivity index (χ2n) is 4.67. The van der Waals surface area contributed by atoms with Gasteiger partial charge in [0, 0.05) is 31.9 Å². The SMILES string of the molecule is CN1CCN(c2ccccc2P(C)C)CC1. The molecule has 1 fully saturated rings. The smallest absolute Gasteiger partial charge is 0.0444 e. The van der Waals surface area contributed by atoms with Crippen molar-refractivity contribution in [3.05, 3.63) is 24.3 Å². The highest BCUT2D eigenvalue weighted by Gasteiger charge is 2.17. The van der Waals surface area contributed by atoms with Crippen LogP contribution < -0.4 is 10.2 Å². The summed E-state index contributed by atoms with van der Waals surface area (Å²) in [5.74, 6) is 0. The van der Waals surface area contributed by atoms with E-state index in [9.17, 15) is 0 Å². The number of likely N-dealkylation sites (N-methyl/N-ethyl adjacent to an activating group) is 1. The molecule has 1 aliphatic rings. The van der Waals surface area contributed by atoms with E-state index in [1.54, 1.807) is 5.30 Å². The molecule has 1 aromatic rings. The van der Waals surface area contributed by atoms with Crippen LogP contribution in [0.4, 0.5) is 5.69 Å². The van der Waals surface area contributed by atoms with Crippen molar-refractivity contribution in [3.8, 4) is 0 Å². The van der Waals surface area contributed by atoms with Gasteiger partial charge in [-0.05, 0) is 31.7 Å². The maximum Gasteiger partial charge on any atom is 0.0444 e. The summed E-state index contributed by atoms with van der Waals surface area (Å²) in [5.41, 5.74) is 1.46. The topological polar surface area (TPSA) is 6.48 Å². The van der Waals surface area contributed by atoms with Gasteiger partial charge in [-0.25, -0.2) is 0 Å². The number of nitrogens with zero attached hydrogens (tertiary/aromatic N) is 2. The molecule has 1 aliphatic heterocycles. The van der Waals surface area contributed by atoms with Crippen molar-refractivity contribution in [2.45, 2.75) is 0 Å². The number of benzene rings is 1. The van der Waals surface area contributed by atoms with Crippen molar-refractivity contribution in [1.82, 2.24) is 4.90 Å². The highest BCUT2D eigenvalue weighted by molar-refractivity contribution is 7.64. The van der Waals surface area contributed by atoms with Gasteiger partial charge in [0.15, 0.2) is 0 Å². The number of hydrogen-bond acceptors (Lipinski definition) is 2. The molecule has 0 aromatic heterocycles. The van der Waals surface area contributed by atoms with Crippen LogP contribution in [0.2, 0.25) is 0 Å². The van der Waals surface area contributed by atoms with Crippen LogP contribution in [0.3, 0.4) is 0 Å². The number of anilines is 1. The molecule has 2 rings (SSSR count). The molecule has 88 valence electrons. The van der Waals surface area contributed by atoms with Crippen LogP contribution in [-0.4, -0.2) is 51.5 Å². The lowest BCUT2D eigenvalue weighted by Gasteiger charge is -2.35. The van der Waals surface area contributed by atoms with Gasteiger partial charge in [-0.15, -0.1) is 0 Å². The lowest BCUT2D eigenvalue weighted by atomic mass is 10.2. The first-order valence-corrected chi connectivity index (χ1v) is 8.12. The minimum absolute atomic E-state index is 0.00751. The fourth-order valence-electron chi connectivity index (χ4n) is 2.16. The molecule has 0 spiro atoms. The van der Waals surface area contributed by atoms with E-state index in [-0.39, 0.29) is 7.92 Å². The molecule has 2 nitrogen and oxygen atoms in total. The second kappa shape index (κ2) is 5.16. The Morgan fingerprint density at radius 3 is 2.25 bits per heavy atom. The molecular formula is C13H21N2P. The molecule has 0 saturated carbocycles. The van der Waals surface area contributed by atoms with E-state index in [0.29, 0.717) is 0 Å². The van der Waals surface area contributed by atoms with Crippen LogP contribution in [0.15, 0.2) is 24.3 Å². The summed E-state index contributed by atoms with van der Waals surface area (Å²) in [4.78, 5) is 4.94. The van der Waals surface area contributed by atoms with Crippen LogP contribution in [0.25, 0.3) is 0 Å². The van der Waals surface area contributed by atoms with Gasteiger partial charge in [-0.3, -0.25) is 0 Å². The van der Waals surface area contributed by atoms with Gasteiger partial charge in [-0.1, -0.05) is 26.1 Å². The molecule has 0 bridgehead atoms. The van der Waals surface area contributed by atoms with Crippen LogP contribution in [0.5, 0.6) is 0 Å².